The lowest BCUT2D eigenvalue weighted by Gasteiger charge is -2.24. The minimum atomic E-state index is -0.0839. The Bertz CT molecular complexity index is 898. The number of carbonyl (C=O) groups is 1. The number of hydrogen-bond donors (Lipinski definition) is 1. The van der Waals surface area contributed by atoms with Gasteiger partial charge in [0, 0.05) is 24.5 Å². The van der Waals surface area contributed by atoms with Crippen LogP contribution < -0.4 is 5.32 Å². The maximum Gasteiger partial charge on any atom is 0.270 e. The fourth-order valence-corrected chi connectivity index (χ4v) is 3.53. The molecule has 26 heavy (non-hydrogen) atoms. The number of nitrogens with zero attached hydrogens (tertiary/aromatic N) is 5. The molecule has 0 fully saturated rings. The highest BCUT2D eigenvalue weighted by atomic mass is 16.2. The highest BCUT2D eigenvalue weighted by Gasteiger charge is 2.27. The summed E-state index contributed by atoms with van der Waals surface area (Å²) in [7, 11) is 0. The summed E-state index contributed by atoms with van der Waals surface area (Å²) in [4.78, 5) is 17.1. The van der Waals surface area contributed by atoms with Crippen molar-refractivity contribution in [1.29, 1.82) is 0 Å². The monoisotopic (exact) mass is 350 g/mol. The van der Waals surface area contributed by atoms with Gasteiger partial charge in [0.15, 0.2) is 5.82 Å². The van der Waals surface area contributed by atoms with E-state index in [0.29, 0.717) is 5.69 Å². The Kier molecular flexibility index (Phi) is 4.51. The molecule has 1 N–H and O–H groups in total. The van der Waals surface area contributed by atoms with Crippen molar-refractivity contribution in [2.75, 3.05) is 0 Å². The fraction of sp³-hybridized carbons (Fsp3) is 0.368. The van der Waals surface area contributed by atoms with E-state index in [1.165, 1.54) is 0 Å². The molecule has 4 rings (SSSR count). The molecule has 7 heteroatoms. The zero-order chi connectivity index (χ0) is 17.9. The molecule has 0 bridgehead atoms. The summed E-state index contributed by atoms with van der Waals surface area (Å²) >= 11 is 0. The summed E-state index contributed by atoms with van der Waals surface area (Å²) in [6, 6.07) is 7.52. The molecule has 7 nitrogen and oxygen atoms in total. The van der Waals surface area contributed by atoms with Gasteiger partial charge in [-0.15, -0.1) is 0 Å². The lowest BCUT2D eigenvalue weighted by molar-refractivity contribution is 0.0921. The topological polar surface area (TPSA) is 77.6 Å². The SMILES string of the molecule is CCCn1nccc1C(=O)N[C@H]1CCCc2c1cnn2-c1ccccn1. The molecule has 0 saturated heterocycles. The van der Waals surface area contributed by atoms with Gasteiger partial charge in [0.2, 0.25) is 0 Å². The molecular weight excluding hydrogens is 328 g/mol. The molecule has 0 spiro atoms. The van der Waals surface area contributed by atoms with Gasteiger partial charge in [-0.2, -0.15) is 10.2 Å². The van der Waals surface area contributed by atoms with Crippen molar-refractivity contribution in [1.82, 2.24) is 29.9 Å². The molecule has 3 heterocycles. The van der Waals surface area contributed by atoms with Gasteiger partial charge >= 0.3 is 0 Å². The van der Waals surface area contributed by atoms with E-state index < -0.39 is 0 Å². The largest absolute Gasteiger partial charge is 0.344 e. The Morgan fingerprint density at radius 1 is 1.27 bits per heavy atom. The van der Waals surface area contributed by atoms with Crippen LogP contribution in [0.15, 0.2) is 42.9 Å². The summed E-state index contributed by atoms with van der Waals surface area (Å²) in [6.45, 7) is 2.81. The molecule has 1 aliphatic rings. The van der Waals surface area contributed by atoms with E-state index in [9.17, 15) is 4.79 Å². The van der Waals surface area contributed by atoms with Crippen molar-refractivity contribution < 1.29 is 4.79 Å². The van der Waals surface area contributed by atoms with Crippen LogP contribution in [0.5, 0.6) is 0 Å². The predicted octanol–water partition coefficient (Wildman–Crippen LogP) is 2.68. The van der Waals surface area contributed by atoms with Crippen LogP contribution in [0.2, 0.25) is 0 Å². The smallest absolute Gasteiger partial charge is 0.270 e. The van der Waals surface area contributed by atoms with Crippen LogP contribution in [0.25, 0.3) is 5.82 Å². The van der Waals surface area contributed by atoms with Gasteiger partial charge < -0.3 is 5.32 Å². The van der Waals surface area contributed by atoms with Gasteiger partial charge in [0.05, 0.1) is 17.9 Å². The van der Waals surface area contributed by atoms with Gasteiger partial charge in [0.1, 0.15) is 5.69 Å². The number of aryl methyl sites for hydroxylation is 1. The van der Waals surface area contributed by atoms with Gasteiger partial charge in [-0.1, -0.05) is 13.0 Å². The number of nitrogens with one attached hydrogen (secondary N) is 1. The van der Waals surface area contributed by atoms with Gasteiger partial charge in [-0.05, 0) is 43.9 Å². The van der Waals surface area contributed by atoms with Gasteiger partial charge in [-0.3, -0.25) is 9.48 Å². The Balaban J connectivity index is 1.58. The van der Waals surface area contributed by atoms with E-state index in [1.54, 1.807) is 23.1 Å². The fourth-order valence-electron chi connectivity index (χ4n) is 3.53. The Morgan fingerprint density at radius 2 is 2.19 bits per heavy atom. The highest BCUT2D eigenvalue weighted by Crippen LogP contribution is 2.31. The van der Waals surface area contributed by atoms with Crippen LogP contribution in [0.3, 0.4) is 0 Å². The van der Waals surface area contributed by atoms with Crippen molar-refractivity contribution in [3.8, 4) is 5.82 Å². The number of carbonyl (C=O) groups excluding carboxylic acids is 1. The van der Waals surface area contributed by atoms with E-state index in [0.717, 1.165) is 49.3 Å². The second-order valence-electron chi connectivity index (χ2n) is 6.50. The molecule has 0 saturated carbocycles. The van der Waals surface area contributed by atoms with Crippen LogP contribution in [0.1, 0.15) is 54.0 Å². The summed E-state index contributed by atoms with van der Waals surface area (Å²) < 4.78 is 3.64. The van der Waals surface area contributed by atoms with Crippen molar-refractivity contribution >= 4 is 5.91 Å². The number of amides is 1. The molecule has 134 valence electrons. The molecule has 1 amide bonds. The highest BCUT2D eigenvalue weighted by molar-refractivity contribution is 5.92. The summed E-state index contributed by atoms with van der Waals surface area (Å²) in [5, 5.41) is 11.9. The van der Waals surface area contributed by atoms with Crippen LogP contribution in [-0.4, -0.2) is 30.5 Å². The first-order valence-corrected chi connectivity index (χ1v) is 9.08. The average molecular weight is 350 g/mol. The van der Waals surface area contributed by atoms with E-state index in [1.807, 2.05) is 29.1 Å². The number of rotatable bonds is 5. The molecule has 0 unspecified atom stereocenters. The van der Waals surface area contributed by atoms with Crippen LogP contribution in [-0.2, 0) is 13.0 Å². The van der Waals surface area contributed by atoms with Gasteiger partial charge in [-0.25, -0.2) is 9.67 Å². The first-order valence-electron chi connectivity index (χ1n) is 9.08. The zero-order valence-corrected chi connectivity index (χ0v) is 14.8. The van der Waals surface area contributed by atoms with E-state index >= 15 is 0 Å². The third kappa shape index (κ3) is 3.00. The first kappa shape index (κ1) is 16.5. The van der Waals surface area contributed by atoms with Gasteiger partial charge in [0.25, 0.3) is 5.91 Å². The molecule has 3 aromatic heterocycles. The second-order valence-corrected chi connectivity index (χ2v) is 6.50. The molecule has 0 aromatic carbocycles. The lowest BCUT2D eigenvalue weighted by Crippen LogP contribution is -2.32. The average Bonchev–Trinajstić information content (AvgIpc) is 3.30. The Morgan fingerprint density at radius 3 is 3.00 bits per heavy atom. The molecule has 1 atom stereocenters. The second kappa shape index (κ2) is 7.11. The number of fused-ring (bicyclic) bond motifs is 1. The van der Waals surface area contributed by atoms with Crippen molar-refractivity contribution in [2.45, 2.75) is 45.2 Å². The molecule has 0 aliphatic heterocycles. The predicted molar refractivity (Wildman–Crippen MR) is 97.0 cm³/mol. The summed E-state index contributed by atoms with van der Waals surface area (Å²) in [5.74, 6) is 0.723. The normalized spacial score (nSPS) is 16.3. The minimum absolute atomic E-state index is 0.0336. The number of pyridine rings is 1. The number of hydrogen-bond acceptors (Lipinski definition) is 4. The molecule has 3 aromatic rings. The Hall–Kier alpha value is -2.96. The van der Waals surface area contributed by atoms with Crippen LogP contribution in [0, 0.1) is 0 Å². The molecule has 0 radical (unpaired) electrons. The van der Waals surface area contributed by atoms with Crippen molar-refractivity contribution in [2.24, 2.45) is 0 Å². The molecule has 1 aliphatic carbocycles. The minimum Gasteiger partial charge on any atom is -0.344 e. The van der Waals surface area contributed by atoms with Crippen molar-refractivity contribution in [3.63, 3.8) is 0 Å². The quantitative estimate of drug-likeness (QED) is 0.767. The standard InChI is InChI=1S/C19H22N6O/c1-2-12-24-17(9-11-21-24)19(26)23-15-6-5-7-16-14(15)13-22-25(16)18-8-3-4-10-20-18/h3-4,8-11,13,15H,2,5-7,12H2,1H3,(H,23,26)/t15-/m0/s1. The third-order valence-corrected chi connectivity index (χ3v) is 4.74. The number of aromatic nitrogens is 5. The Labute approximate surface area is 152 Å². The molecular formula is C19H22N6O. The third-order valence-electron chi connectivity index (χ3n) is 4.74. The van der Waals surface area contributed by atoms with E-state index in [4.69, 9.17) is 0 Å². The summed E-state index contributed by atoms with van der Waals surface area (Å²) in [5.41, 5.74) is 2.82. The van der Waals surface area contributed by atoms with Crippen molar-refractivity contribution in [3.05, 3.63) is 59.8 Å². The zero-order valence-electron chi connectivity index (χ0n) is 14.8. The maximum absolute atomic E-state index is 12.7. The van der Waals surface area contributed by atoms with Crippen LogP contribution >= 0.6 is 0 Å². The maximum atomic E-state index is 12.7. The van der Waals surface area contributed by atoms with E-state index in [-0.39, 0.29) is 11.9 Å². The van der Waals surface area contributed by atoms with Crippen LogP contribution in [0.4, 0.5) is 0 Å². The summed E-state index contributed by atoms with van der Waals surface area (Å²) in [6.07, 6.45) is 9.09. The first-order chi connectivity index (χ1) is 12.8. The lowest BCUT2D eigenvalue weighted by atomic mass is 9.93. The van der Waals surface area contributed by atoms with E-state index in [2.05, 4.69) is 27.4 Å².